The topological polar surface area (TPSA) is 96.4 Å². The molecule has 1 atom stereocenters. The van der Waals surface area contributed by atoms with E-state index in [-0.39, 0.29) is 16.9 Å². The Labute approximate surface area is 196 Å². The predicted octanol–water partition coefficient (Wildman–Crippen LogP) is 5.32. The van der Waals surface area contributed by atoms with Gasteiger partial charge in [0.05, 0.1) is 16.6 Å². The summed E-state index contributed by atoms with van der Waals surface area (Å²) in [4.78, 5) is 0.213. The van der Waals surface area contributed by atoms with E-state index in [1.165, 1.54) is 12.1 Å². The van der Waals surface area contributed by atoms with Crippen molar-refractivity contribution in [3.8, 4) is 22.6 Å². The lowest BCUT2D eigenvalue weighted by Gasteiger charge is -2.23. The summed E-state index contributed by atoms with van der Waals surface area (Å²) < 4.78 is 52.1. The Bertz CT molecular complexity index is 1460. The number of hydrogen-bond donors (Lipinski definition) is 1. The van der Waals surface area contributed by atoms with Crippen molar-refractivity contribution < 1.29 is 22.3 Å². The van der Waals surface area contributed by atoms with Crippen LogP contribution in [-0.2, 0) is 14.6 Å². The molecule has 3 aromatic carbocycles. The molecule has 1 aliphatic heterocycles. The lowest BCUT2D eigenvalue weighted by molar-refractivity contribution is -0.0366. The molecule has 9 heteroatoms. The highest BCUT2D eigenvalue weighted by Crippen LogP contribution is 2.39. The number of nitrogen functional groups attached to an aromatic ring is 1. The average Bonchev–Trinajstić information content (AvgIpc) is 3.23. The Balaban J connectivity index is 1.64. The van der Waals surface area contributed by atoms with E-state index >= 15 is 0 Å². The van der Waals surface area contributed by atoms with Crippen LogP contribution in [0.15, 0.2) is 65.7 Å². The van der Waals surface area contributed by atoms with Gasteiger partial charge in [0.1, 0.15) is 5.75 Å². The van der Waals surface area contributed by atoms with Gasteiger partial charge in [0.15, 0.2) is 27.6 Å². The monoisotopic (exact) mass is 481 g/mol. The molecule has 1 aromatic heterocycles. The van der Waals surface area contributed by atoms with Gasteiger partial charge in [-0.3, -0.25) is 0 Å². The highest BCUT2D eigenvalue weighted by Gasteiger charge is 2.21. The number of nitrogens with two attached hydrogens (primary N) is 1. The smallest absolute Gasteiger partial charge is 0.175 e. The van der Waals surface area contributed by atoms with Gasteiger partial charge in [0.2, 0.25) is 0 Å². The molecule has 0 spiro atoms. The van der Waals surface area contributed by atoms with E-state index in [1.54, 1.807) is 42.6 Å². The second-order valence-electron chi connectivity index (χ2n) is 8.41. The predicted molar refractivity (Wildman–Crippen MR) is 128 cm³/mol. The number of hydrogen-bond acceptors (Lipinski definition) is 6. The molecule has 0 saturated carbocycles. The molecule has 2 N–H and O–H groups in total. The summed E-state index contributed by atoms with van der Waals surface area (Å²) in [6.45, 7) is 0.684. The summed E-state index contributed by atoms with van der Waals surface area (Å²) in [6.07, 6.45) is 5.69. The van der Waals surface area contributed by atoms with Crippen molar-refractivity contribution in [1.82, 2.24) is 9.78 Å². The van der Waals surface area contributed by atoms with Crippen LogP contribution < -0.4 is 10.5 Å². The molecular weight excluding hydrogens is 457 g/mol. The number of fused-ring (bicyclic) bond motifs is 1. The van der Waals surface area contributed by atoms with Crippen LogP contribution in [0.3, 0.4) is 0 Å². The Kier molecular flexibility index (Phi) is 5.75. The first-order valence-electron chi connectivity index (χ1n) is 11.0. The van der Waals surface area contributed by atoms with Gasteiger partial charge in [0.25, 0.3) is 0 Å². The number of halogens is 1. The molecule has 0 aliphatic carbocycles. The fourth-order valence-electron chi connectivity index (χ4n) is 4.13. The Morgan fingerprint density at radius 1 is 1.09 bits per heavy atom. The highest BCUT2D eigenvalue weighted by atomic mass is 32.2. The van der Waals surface area contributed by atoms with Gasteiger partial charge in [-0.25, -0.2) is 17.5 Å². The van der Waals surface area contributed by atoms with Crippen molar-refractivity contribution in [3.63, 3.8) is 0 Å². The average molecular weight is 482 g/mol. The fraction of sp³-hybridized carbons (Fsp3) is 0.240. The van der Waals surface area contributed by atoms with Crippen LogP contribution in [-0.4, -0.2) is 31.1 Å². The molecule has 0 radical (unpaired) electrons. The normalized spacial score (nSPS) is 16.6. The van der Waals surface area contributed by atoms with E-state index in [0.29, 0.717) is 23.6 Å². The Morgan fingerprint density at radius 3 is 2.56 bits per heavy atom. The largest absolute Gasteiger partial charge is 0.454 e. The summed E-state index contributed by atoms with van der Waals surface area (Å²) in [5.74, 6) is -0.136. The number of anilines is 1. The second-order valence-corrected chi connectivity index (χ2v) is 10.4. The van der Waals surface area contributed by atoms with E-state index in [1.807, 2.05) is 10.7 Å². The molecule has 1 fully saturated rings. The zero-order valence-corrected chi connectivity index (χ0v) is 19.4. The molecule has 0 bridgehead atoms. The first-order valence-corrected chi connectivity index (χ1v) is 12.8. The van der Waals surface area contributed by atoms with Crippen LogP contribution in [0.25, 0.3) is 22.0 Å². The van der Waals surface area contributed by atoms with E-state index in [0.717, 1.165) is 42.0 Å². The third-order valence-corrected chi connectivity index (χ3v) is 7.02. The van der Waals surface area contributed by atoms with E-state index < -0.39 is 15.7 Å². The van der Waals surface area contributed by atoms with Crippen LogP contribution in [0.5, 0.6) is 11.5 Å². The minimum atomic E-state index is -3.34. The number of sulfone groups is 1. The maximum absolute atomic E-state index is 14.5. The van der Waals surface area contributed by atoms with Crippen molar-refractivity contribution in [2.75, 3.05) is 18.6 Å². The zero-order chi connectivity index (χ0) is 23.9. The van der Waals surface area contributed by atoms with Crippen LogP contribution in [0.2, 0.25) is 0 Å². The van der Waals surface area contributed by atoms with Crippen LogP contribution in [0, 0.1) is 5.82 Å². The van der Waals surface area contributed by atoms with Crippen LogP contribution >= 0.6 is 0 Å². The molecule has 34 heavy (non-hydrogen) atoms. The molecule has 0 amide bonds. The minimum Gasteiger partial charge on any atom is -0.454 e. The molecule has 176 valence electrons. The third-order valence-electron chi connectivity index (χ3n) is 5.89. The molecular formula is C25H24FN3O4S. The lowest BCUT2D eigenvalue weighted by atomic mass is 10.0. The van der Waals surface area contributed by atoms with Gasteiger partial charge >= 0.3 is 0 Å². The molecule has 1 saturated heterocycles. The Hall–Kier alpha value is -3.43. The minimum absolute atomic E-state index is 0.0329. The number of rotatable bonds is 5. The lowest BCUT2D eigenvalue weighted by Crippen LogP contribution is -2.18. The Morgan fingerprint density at radius 2 is 1.88 bits per heavy atom. The molecule has 5 rings (SSSR count). The second kappa shape index (κ2) is 8.73. The maximum atomic E-state index is 14.5. The van der Waals surface area contributed by atoms with Crippen molar-refractivity contribution in [3.05, 3.63) is 66.6 Å². The molecule has 4 aromatic rings. The standard InChI is InChI=1S/C25H24FN3O4S/c1-34(30,31)19-8-5-16(6-9-19)20-14-22-17(15-28-29(22)25-4-2-3-11-32-25)12-24(20)33-23-10-7-18(27)13-21(23)26/h5-10,12-15,25H,2-4,11,27H2,1H3. The van der Waals surface area contributed by atoms with Crippen molar-refractivity contribution in [2.45, 2.75) is 30.4 Å². The molecule has 7 nitrogen and oxygen atoms in total. The van der Waals surface area contributed by atoms with Crippen LogP contribution in [0.4, 0.5) is 10.1 Å². The van der Waals surface area contributed by atoms with Crippen molar-refractivity contribution in [2.24, 2.45) is 0 Å². The fourth-order valence-corrected chi connectivity index (χ4v) is 4.76. The highest BCUT2D eigenvalue weighted by molar-refractivity contribution is 7.90. The quantitative estimate of drug-likeness (QED) is 0.388. The summed E-state index contributed by atoms with van der Waals surface area (Å²) in [5.41, 5.74) is 8.20. The van der Waals surface area contributed by atoms with E-state index in [4.69, 9.17) is 15.2 Å². The summed E-state index contributed by atoms with van der Waals surface area (Å²) in [5, 5.41) is 5.36. The van der Waals surface area contributed by atoms with Gasteiger partial charge in [-0.05, 0) is 61.2 Å². The van der Waals surface area contributed by atoms with Crippen LogP contribution in [0.1, 0.15) is 25.5 Å². The number of aromatic nitrogens is 2. The maximum Gasteiger partial charge on any atom is 0.175 e. The van der Waals surface area contributed by atoms with Gasteiger partial charge in [-0.2, -0.15) is 5.10 Å². The van der Waals surface area contributed by atoms with E-state index in [9.17, 15) is 12.8 Å². The summed E-state index contributed by atoms with van der Waals surface area (Å²) >= 11 is 0. The van der Waals surface area contributed by atoms with Crippen molar-refractivity contribution >= 4 is 26.4 Å². The van der Waals surface area contributed by atoms with Gasteiger partial charge < -0.3 is 15.2 Å². The third kappa shape index (κ3) is 4.36. The van der Waals surface area contributed by atoms with Gasteiger partial charge in [-0.1, -0.05) is 12.1 Å². The number of ether oxygens (including phenoxy) is 2. The number of benzene rings is 3. The summed E-state index contributed by atoms with van der Waals surface area (Å²) in [7, 11) is -3.34. The number of nitrogens with zero attached hydrogens (tertiary/aromatic N) is 2. The molecule has 1 aliphatic rings. The SMILES string of the molecule is CS(=O)(=O)c1ccc(-c2cc3c(cnn3C3CCCCO3)cc2Oc2ccc(N)cc2F)cc1. The first-order chi connectivity index (χ1) is 16.3. The van der Waals surface area contributed by atoms with Gasteiger partial charge in [-0.15, -0.1) is 0 Å². The molecule has 1 unspecified atom stereocenters. The van der Waals surface area contributed by atoms with Gasteiger partial charge in [0, 0.05) is 35.6 Å². The van der Waals surface area contributed by atoms with Crippen molar-refractivity contribution in [1.29, 1.82) is 0 Å². The van der Waals surface area contributed by atoms with E-state index in [2.05, 4.69) is 5.10 Å². The molecule has 2 heterocycles. The first kappa shape index (κ1) is 22.4. The summed E-state index contributed by atoms with van der Waals surface area (Å²) in [6, 6.07) is 14.5. The zero-order valence-electron chi connectivity index (χ0n) is 18.6.